The molecular weight excluding hydrogens is 1560 g/mol. The van der Waals surface area contributed by atoms with Gasteiger partial charge in [0.2, 0.25) is 0 Å². The molecule has 4 saturated heterocycles. The van der Waals surface area contributed by atoms with Crippen molar-refractivity contribution in [2.24, 2.45) is 23.7 Å². The van der Waals surface area contributed by atoms with Crippen LogP contribution in [0.15, 0.2) is 242 Å². The van der Waals surface area contributed by atoms with E-state index >= 15 is 0 Å². The highest BCUT2D eigenvalue weighted by Gasteiger charge is 2.38. The molecule has 640 valence electrons. The number of amides is 4. The maximum Gasteiger partial charge on any atom is 0.250 e. The summed E-state index contributed by atoms with van der Waals surface area (Å²) in [4.78, 5) is 78.3. The average Bonchev–Trinajstić information content (AvgIpc) is 0.896. The van der Waals surface area contributed by atoms with Crippen molar-refractivity contribution < 1.29 is 36.7 Å². The number of aromatic nitrogens is 8. The van der Waals surface area contributed by atoms with E-state index in [-0.39, 0.29) is 94.7 Å². The molecule has 16 rings (SSSR count). The van der Waals surface area contributed by atoms with E-state index in [9.17, 15) is 36.7 Å². The van der Waals surface area contributed by atoms with Gasteiger partial charge in [-0.05, 0) is 321 Å². The standard InChI is InChI=1S/4C26H28FN3O/c4*1-17-11-20(4)30(15-21-5-8-23(27)9-6-21)26(31)24(17)13-22-7-10-25(18(2)12-22)29-14-19(3)28-16-29/h4*5-10,12-14,16-17,20H,11,15H2,1-4H3/b4*24-13+/t2*17-,20+;2*17-,20-/m1010/s1. The fourth-order valence-corrected chi connectivity index (χ4v) is 17.4. The normalized spacial score (nSPS) is 20.5. The van der Waals surface area contributed by atoms with Gasteiger partial charge in [-0.15, -0.1) is 0 Å². The van der Waals surface area contributed by atoms with E-state index in [0.717, 1.165) is 160 Å². The molecule has 12 aromatic rings. The number of hydrogen-bond donors (Lipinski definition) is 0. The van der Waals surface area contributed by atoms with Gasteiger partial charge in [0.1, 0.15) is 23.3 Å². The number of halogens is 4. The predicted octanol–water partition coefficient (Wildman–Crippen LogP) is 21.9. The van der Waals surface area contributed by atoms with Crippen LogP contribution in [-0.4, -0.2) is 106 Å². The number of carbonyl (C=O) groups excluding carboxylic acids is 4. The minimum Gasteiger partial charge on any atom is -0.332 e. The average molecular weight is 1670 g/mol. The molecule has 0 bridgehead atoms. The zero-order chi connectivity index (χ0) is 88.5. The van der Waals surface area contributed by atoms with Gasteiger partial charge in [-0.2, -0.15) is 0 Å². The Kier molecular flexibility index (Phi) is 28.1. The van der Waals surface area contributed by atoms with E-state index in [1.807, 2.05) is 164 Å². The highest BCUT2D eigenvalue weighted by molar-refractivity contribution is 6.01. The van der Waals surface area contributed by atoms with Crippen molar-refractivity contribution >= 4 is 47.9 Å². The molecule has 8 aromatic carbocycles. The van der Waals surface area contributed by atoms with Crippen LogP contribution in [0.1, 0.15) is 171 Å². The lowest BCUT2D eigenvalue weighted by molar-refractivity contribution is -0.133. The number of carbonyl (C=O) groups is 4. The number of benzene rings is 8. The largest absolute Gasteiger partial charge is 0.332 e. The number of hydrogen-bond acceptors (Lipinski definition) is 8. The summed E-state index contributed by atoms with van der Waals surface area (Å²) in [7, 11) is 0. The first-order valence-electron chi connectivity index (χ1n) is 42.8. The second-order valence-electron chi connectivity index (χ2n) is 34.5. The molecular formula is C104H112F4N12O4. The Bertz CT molecular complexity index is 5240. The summed E-state index contributed by atoms with van der Waals surface area (Å²) in [5.74, 6) is -0.0873. The Hall–Kier alpha value is -12.8. The topological polar surface area (TPSA) is 153 Å². The summed E-state index contributed by atoms with van der Waals surface area (Å²) >= 11 is 0. The fourth-order valence-electron chi connectivity index (χ4n) is 17.4. The monoisotopic (exact) mass is 1670 g/mol. The number of rotatable bonds is 16. The van der Waals surface area contributed by atoms with Gasteiger partial charge in [0.25, 0.3) is 23.6 Å². The van der Waals surface area contributed by atoms with Gasteiger partial charge in [0.05, 0.1) is 48.1 Å². The van der Waals surface area contributed by atoms with Crippen LogP contribution in [0.4, 0.5) is 17.6 Å². The van der Waals surface area contributed by atoms with Crippen molar-refractivity contribution in [1.82, 2.24) is 57.8 Å². The summed E-state index contributed by atoms with van der Waals surface area (Å²) in [5, 5.41) is 0. The minimum absolute atomic E-state index is 0.0579. The zero-order valence-corrected chi connectivity index (χ0v) is 73.9. The maximum atomic E-state index is 13.4. The highest BCUT2D eigenvalue weighted by atomic mass is 19.1. The van der Waals surface area contributed by atoms with Crippen LogP contribution >= 0.6 is 0 Å². The zero-order valence-electron chi connectivity index (χ0n) is 73.9. The van der Waals surface area contributed by atoms with Crippen molar-refractivity contribution in [3.8, 4) is 22.7 Å². The predicted molar refractivity (Wildman–Crippen MR) is 485 cm³/mol. The third-order valence-electron chi connectivity index (χ3n) is 24.3. The lowest BCUT2D eigenvalue weighted by Crippen LogP contribution is -2.45. The molecule has 4 aliphatic heterocycles. The van der Waals surface area contributed by atoms with Gasteiger partial charge >= 0.3 is 0 Å². The number of nitrogens with zero attached hydrogens (tertiary/aromatic N) is 12. The number of likely N-dealkylation sites (tertiary alicyclic amines) is 4. The number of piperidine rings is 4. The molecule has 0 saturated carbocycles. The van der Waals surface area contributed by atoms with Crippen molar-refractivity contribution in [3.63, 3.8) is 0 Å². The summed E-state index contributed by atoms with van der Waals surface area (Å²) < 4.78 is 61.1. The first kappa shape index (κ1) is 88.9. The Morgan fingerprint density at radius 3 is 0.629 bits per heavy atom. The van der Waals surface area contributed by atoms with Crippen molar-refractivity contribution in [1.29, 1.82) is 0 Å². The van der Waals surface area contributed by atoms with Crippen molar-refractivity contribution in [3.05, 3.63) is 355 Å². The van der Waals surface area contributed by atoms with Gasteiger partial charge in [-0.1, -0.05) is 100 Å². The lowest BCUT2D eigenvalue weighted by atomic mass is 9.86. The first-order valence-corrected chi connectivity index (χ1v) is 42.8. The van der Waals surface area contributed by atoms with Crippen molar-refractivity contribution in [2.45, 2.75) is 187 Å². The van der Waals surface area contributed by atoms with Crippen LogP contribution in [0.25, 0.3) is 47.1 Å². The quantitative estimate of drug-likeness (QED) is 0.0685. The Labute approximate surface area is 726 Å². The Morgan fingerprint density at radius 2 is 0.468 bits per heavy atom. The molecule has 20 heteroatoms. The van der Waals surface area contributed by atoms with E-state index in [4.69, 9.17) is 0 Å². The second-order valence-corrected chi connectivity index (χ2v) is 34.5. The summed E-state index contributed by atoms with van der Waals surface area (Å²) in [6.07, 6.45) is 27.0. The Balaban J connectivity index is 0.000000142. The van der Waals surface area contributed by atoms with Gasteiger partial charge in [-0.25, -0.2) is 37.5 Å². The molecule has 4 fully saturated rings. The minimum atomic E-state index is -0.263. The second kappa shape index (κ2) is 39.1. The number of aryl methyl sites for hydroxylation is 8. The molecule has 0 spiro atoms. The molecule has 8 atom stereocenters. The van der Waals surface area contributed by atoms with E-state index in [0.29, 0.717) is 26.2 Å². The molecule has 8 heterocycles. The first-order chi connectivity index (χ1) is 59.3. The van der Waals surface area contributed by atoms with Crippen LogP contribution in [-0.2, 0) is 45.4 Å². The lowest BCUT2D eigenvalue weighted by Gasteiger charge is -2.38. The van der Waals surface area contributed by atoms with Gasteiger partial charge in [0, 0.05) is 120 Å². The highest BCUT2D eigenvalue weighted by Crippen LogP contribution is 2.38. The van der Waals surface area contributed by atoms with Crippen LogP contribution in [0.3, 0.4) is 0 Å². The molecule has 16 nitrogen and oxygen atoms in total. The number of imidazole rings is 4. The third kappa shape index (κ3) is 21.6. The maximum absolute atomic E-state index is 13.4. The third-order valence-corrected chi connectivity index (χ3v) is 24.3. The van der Waals surface area contributed by atoms with E-state index < -0.39 is 0 Å². The molecule has 0 N–H and O–H groups in total. The molecule has 0 unspecified atom stereocenters. The van der Waals surface area contributed by atoms with E-state index in [1.165, 1.54) is 48.5 Å². The van der Waals surface area contributed by atoms with Gasteiger partial charge in [0.15, 0.2) is 0 Å². The molecule has 4 aliphatic rings. The van der Waals surface area contributed by atoms with E-state index in [1.54, 1.807) is 48.5 Å². The van der Waals surface area contributed by atoms with Crippen LogP contribution < -0.4 is 0 Å². The van der Waals surface area contributed by atoms with Crippen LogP contribution in [0.5, 0.6) is 0 Å². The molecule has 124 heavy (non-hydrogen) atoms. The summed E-state index contributed by atoms with van der Waals surface area (Å²) in [6.45, 7) is 34.9. The molecule has 0 aliphatic carbocycles. The summed E-state index contributed by atoms with van der Waals surface area (Å²) in [6, 6.07) is 51.0. The smallest absolute Gasteiger partial charge is 0.250 e. The SMILES string of the molecule is Cc1cn(-c2ccc(/C=C3/C(=O)N(Cc4ccc(F)cc4)[C@@H](C)C[C@@H]3C)cc2C)cn1.Cc1cn(-c2ccc(/C=C3/C(=O)N(Cc4ccc(F)cc4)[C@@H](C)C[C@H]3C)cc2C)cn1.Cc1cn(-c2ccc(/C=C3/C(=O)N(Cc4ccc(F)cc4)[C@H](C)C[C@@H]3C)cc2C)cn1.Cc1cn(-c2ccc(/C=C3/C(=O)N(Cc4ccc(F)cc4)[C@H](C)C[C@H]3C)cc2C)cn1. The van der Waals surface area contributed by atoms with Crippen molar-refractivity contribution in [2.75, 3.05) is 0 Å². The molecule has 4 amide bonds. The van der Waals surface area contributed by atoms with Gasteiger partial charge < -0.3 is 37.9 Å². The Morgan fingerprint density at radius 1 is 0.282 bits per heavy atom. The molecule has 0 radical (unpaired) electrons. The van der Waals surface area contributed by atoms with E-state index in [2.05, 4.69) is 152 Å². The fraction of sp³-hybridized carbons (Fsp3) is 0.308. The summed E-state index contributed by atoms with van der Waals surface area (Å²) in [5.41, 5.74) is 23.8. The van der Waals surface area contributed by atoms with Crippen LogP contribution in [0.2, 0.25) is 0 Å². The van der Waals surface area contributed by atoms with Crippen LogP contribution in [0, 0.1) is 102 Å². The van der Waals surface area contributed by atoms with Gasteiger partial charge in [-0.3, -0.25) is 19.2 Å². The molecule has 4 aromatic heterocycles.